The molecule has 0 aromatic rings. The molecule has 0 spiro atoms. The van der Waals surface area contributed by atoms with Crippen LogP contribution < -0.4 is 5.32 Å². The molecule has 2 aliphatic rings. The van der Waals surface area contributed by atoms with Crippen molar-refractivity contribution in [3.63, 3.8) is 0 Å². The van der Waals surface area contributed by atoms with Gasteiger partial charge in [0.1, 0.15) is 0 Å². The lowest BCUT2D eigenvalue weighted by atomic mass is 10.1. The van der Waals surface area contributed by atoms with Gasteiger partial charge < -0.3 is 10.1 Å². The standard InChI is InChI=1S/C10H17N3O2.HI/c1-3-9-8(4-7-15-9)12-10-11-5-6-13(10)14-2;/h3,8-9H,1,4-7H2,2H3,(H,11,12);1H/t8-,9+;/m1./s1. The van der Waals surface area contributed by atoms with Crippen molar-refractivity contribution in [1.82, 2.24) is 10.4 Å². The highest BCUT2D eigenvalue weighted by Gasteiger charge is 2.29. The summed E-state index contributed by atoms with van der Waals surface area (Å²) >= 11 is 0. The van der Waals surface area contributed by atoms with Gasteiger partial charge in [0.05, 0.1) is 32.3 Å². The van der Waals surface area contributed by atoms with Crippen molar-refractivity contribution < 1.29 is 9.57 Å². The van der Waals surface area contributed by atoms with E-state index in [-0.39, 0.29) is 36.1 Å². The molecule has 0 radical (unpaired) electrons. The van der Waals surface area contributed by atoms with E-state index in [1.165, 1.54) is 0 Å². The van der Waals surface area contributed by atoms with E-state index in [9.17, 15) is 0 Å². The molecule has 1 saturated heterocycles. The summed E-state index contributed by atoms with van der Waals surface area (Å²) in [7, 11) is 1.65. The van der Waals surface area contributed by atoms with Crippen LogP contribution in [0.15, 0.2) is 17.6 Å². The Hall–Kier alpha value is -0.340. The van der Waals surface area contributed by atoms with E-state index in [0.29, 0.717) is 0 Å². The van der Waals surface area contributed by atoms with Gasteiger partial charge >= 0.3 is 0 Å². The van der Waals surface area contributed by atoms with Crippen molar-refractivity contribution in [2.75, 3.05) is 26.8 Å². The zero-order valence-electron chi connectivity index (χ0n) is 9.39. The molecule has 0 unspecified atom stereocenters. The minimum atomic E-state index is 0. The maximum atomic E-state index is 5.50. The highest BCUT2D eigenvalue weighted by molar-refractivity contribution is 14.0. The third-order valence-corrected chi connectivity index (χ3v) is 2.70. The average molecular weight is 339 g/mol. The molecule has 16 heavy (non-hydrogen) atoms. The van der Waals surface area contributed by atoms with Crippen molar-refractivity contribution in [1.29, 1.82) is 0 Å². The third kappa shape index (κ3) is 2.86. The van der Waals surface area contributed by atoms with Crippen LogP contribution >= 0.6 is 24.0 Å². The molecule has 2 aliphatic heterocycles. The molecular formula is C10H18IN3O2. The van der Waals surface area contributed by atoms with Crippen molar-refractivity contribution in [3.05, 3.63) is 12.7 Å². The molecule has 0 aromatic heterocycles. The van der Waals surface area contributed by atoms with E-state index >= 15 is 0 Å². The quantitative estimate of drug-likeness (QED) is 0.610. The van der Waals surface area contributed by atoms with E-state index < -0.39 is 0 Å². The number of guanidine groups is 1. The average Bonchev–Trinajstić information content (AvgIpc) is 2.87. The number of aliphatic imine (C=N–C) groups is 1. The van der Waals surface area contributed by atoms with E-state index in [0.717, 1.165) is 32.1 Å². The van der Waals surface area contributed by atoms with Crippen LogP contribution in [0.5, 0.6) is 0 Å². The first kappa shape index (κ1) is 13.7. The number of rotatable bonds is 3. The Labute approximate surface area is 113 Å². The van der Waals surface area contributed by atoms with Crippen molar-refractivity contribution in [3.8, 4) is 0 Å². The van der Waals surface area contributed by atoms with Crippen LogP contribution in [0.2, 0.25) is 0 Å². The Morgan fingerprint density at radius 3 is 3.19 bits per heavy atom. The Bertz CT molecular complexity index is 273. The van der Waals surface area contributed by atoms with Gasteiger partial charge in [0.2, 0.25) is 5.96 Å². The molecule has 0 aliphatic carbocycles. The summed E-state index contributed by atoms with van der Waals surface area (Å²) in [6.45, 7) is 6.12. The molecular weight excluding hydrogens is 321 g/mol. The SMILES string of the molecule is C=C[C@@H]1OCC[C@H]1NC1=NCCN1OC.I. The van der Waals surface area contributed by atoms with E-state index in [1.807, 2.05) is 6.08 Å². The fraction of sp³-hybridized carbons (Fsp3) is 0.700. The summed E-state index contributed by atoms with van der Waals surface area (Å²) in [6.07, 6.45) is 2.89. The van der Waals surface area contributed by atoms with Crippen LogP contribution in [-0.4, -0.2) is 50.0 Å². The van der Waals surface area contributed by atoms with E-state index in [1.54, 1.807) is 12.2 Å². The van der Waals surface area contributed by atoms with E-state index in [2.05, 4.69) is 16.9 Å². The summed E-state index contributed by atoms with van der Waals surface area (Å²) in [4.78, 5) is 9.51. The number of hydrogen-bond donors (Lipinski definition) is 1. The van der Waals surface area contributed by atoms with Gasteiger partial charge in [-0.2, -0.15) is 0 Å². The van der Waals surface area contributed by atoms with Gasteiger partial charge in [-0.25, -0.2) is 10.1 Å². The minimum Gasteiger partial charge on any atom is -0.372 e. The Morgan fingerprint density at radius 1 is 1.69 bits per heavy atom. The van der Waals surface area contributed by atoms with Gasteiger partial charge in [0.15, 0.2) is 0 Å². The summed E-state index contributed by atoms with van der Waals surface area (Å²) in [5.74, 6) is 0.805. The largest absolute Gasteiger partial charge is 0.372 e. The predicted molar refractivity (Wildman–Crippen MR) is 72.9 cm³/mol. The first-order chi connectivity index (χ1) is 7.35. The maximum Gasteiger partial charge on any atom is 0.218 e. The molecule has 0 aromatic carbocycles. The summed E-state index contributed by atoms with van der Waals surface area (Å²) in [5, 5.41) is 5.10. The lowest BCUT2D eigenvalue weighted by Gasteiger charge is -2.23. The van der Waals surface area contributed by atoms with Gasteiger partial charge in [-0.3, -0.25) is 4.84 Å². The van der Waals surface area contributed by atoms with Gasteiger partial charge in [0.25, 0.3) is 0 Å². The first-order valence-corrected chi connectivity index (χ1v) is 5.22. The molecule has 2 heterocycles. The number of halogens is 1. The molecule has 2 atom stereocenters. The molecule has 2 rings (SSSR count). The predicted octanol–water partition coefficient (Wildman–Crippen LogP) is 0.770. The maximum absolute atomic E-state index is 5.50. The molecule has 92 valence electrons. The van der Waals surface area contributed by atoms with Crippen LogP contribution in [0.1, 0.15) is 6.42 Å². The van der Waals surface area contributed by atoms with Crippen LogP contribution in [0.3, 0.4) is 0 Å². The summed E-state index contributed by atoms with van der Waals surface area (Å²) in [5.41, 5.74) is 0. The van der Waals surface area contributed by atoms with Crippen LogP contribution in [0, 0.1) is 0 Å². The summed E-state index contributed by atoms with van der Waals surface area (Å²) < 4.78 is 5.50. The molecule has 0 amide bonds. The Morgan fingerprint density at radius 2 is 2.50 bits per heavy atom. The third-order valence-electron chi connectivity index (χ3n) is 2.70. The molecule has 0 bridgehead atoms. The second-order valence-corrected chi connectivity index (χ2v) is 3.60. The number of hydrogen-bond acceptors (Lipinski definition) is 5. The topological polar surface area (TPSA) is 46.1 Å². The van der Waals surface area contributed by atoms with Gasteiger partial charge in [-0.15, -0.1) is 30.6 Å². The Kier molecular flexibility index (Phi) is 5.50. The van der Waals surface area contributed by atoms with Crippen LogP contribution in [-0.2, 0) is 9.57 Å². The lowest BCUT2D eigenvalue weighted by molar-refractivity contribution is -0.0588. The lowest BCUT2D eigenvalue weighted by Crippen LogP contribution is -2.46. The number of nitrogens with zero attached hydrogens (tertiary/aromatic N) is 2. The Balaban J connectivity index is 0.00000128. The molecule has 1 fully saturated rings. The number of nitrogens with one attached hydrogen (secondary N) is 1. The van der Waals surface area contributed by atoms with Gasteiger partial charge in [-0.05, 0) is 6.42 Å². The monoisotopic (exact) mass is 339 g/mol. The highest BCUT2D eigenvalue weighted by Crippen LogP contribution is 2.15. The summed E-state index contributed by atoms with van der Waals surface area (Å²) in [6, 6.07) is 0.261. The van der Waals surface area contributed by atoms with Gasteiger partial charge in [-0.1, -0.05) is 6.08 Å². The highest BCUT2D eigenvalue weighted by atomic mass is 127. The second-order valence-electron chi connectivity index (χ2n) is 3.60. The number of ether oxygens (including phenoxy) is 1. The fourth-order valence-corrected chi connectivity index (χ4v) is 1.89. The zero-order chi connectivity index (χ0) is 10.7. The van der Waals surface area contributed by atoms with Crippen LogP contribution in [0.4, 0.5) is 0 Å². The van der Waals surface area contributed by atoms with Crippen molar-refractivity contribution in [2.24, 2.45) is 4.99 Å². The van der Waals surface area contributed by atoms with Crippen molar-refractivity contribution >= 4 is 29.9 Å². The van der Waals surface area contributed by atoms with Gasteiger partial charge in [0, 0.05) is 6.61 Å². The van der Waals surface area contributed by atoms with E-state index in [4.69, 9.17) is 9.57 Å². The molecule has 1 N–H and O–H groups in total. The smallest absolute Gasteiger partial charge is 0.218 e. The first-order valence-electron chi connectivity index (χ1n) is 5.22. The minimum absolute atomic E-state index is 0. The molecule has 6 heteroatoms. The molecule has 5 nitrogen and oxygen atoms in total. The van der Waals surface area contributed by atoms with Crippen molar-refractivity contribution in [2.45, 2.75) is 18.6 Å². The second kappa shape index (κ2) is 6.41. The fourth-order valence-electron chi connectivity index (χ4n) is 1.89. The number of hydroxylamine groups is 2. The van der Waals surface area contributed by atoms with Crippen LogP contribution in [0.25, 0.3) is 0 Å². The molecule has 0 saturated carbocycles. The zero-order valence-corrected chi connectivity index (χ0v) is 11.7. The normalized spacial score (nSPS) is 28.6.